The van der Waals surface area contributed by atoms with Gasteiger partial charge in [-0.15, -0.1) is 0 Å². The third kappa shape index (κ3) is 3.29. The van der Waals surface area contributed by atoms with E-state index in [4.69, 9.17) is 0 Å². The zero-order chi connectivity index (χ0) is 12.1. The van der Waals surface area contributed by atoms with Crippen LogP contribution < -0.4 is 0 Å². The fraction of sp³-hybridized carbons (Fsp3) is 0.417. The molecule has 88 valence electrons. The van der Waals surface area contributed by atoms with E-state index >= 15 is 0 Å². The van der Waals surface area contributed by atoms with E-state index in [2.05, 4.69) is 4.74 Å². The van der Waals surface area contributed by atoms with Gasteiger partial charge in [0.2, 0.25) is 0 Å². The Morgan fingerprint density at radius 1 is 1.50 bits per heavy atom. The van der Waals surface area contributed by atoms with Gasteiger partial charge in [0.1, 0.15) is 12.0 Å². The molecule has 0 bridgehead atoms. The molecule has 16 heavy (non-hydrogen) atoms. The summed E-state index contributed by atoms with van der Waals surface area (Å²) in [5.74, 6) is -0.968. The molecule has 0 fully saturated rings. The number of hydrogen-bond acceptors (Lipinski definition) is 2. The first-order chi connectivity index (χ1) is 7.54. The normalized spacial score (nSPS) is 12.2. The predicted molar refractivity (Wildman–Crippen MR) is 56.2 cm³/mol. The van der Waals surface area contributed by atoms with E-state index in [0.717, 1.165) is 0 Å². The van der Waals surface area contributed by atoms with Crippen LogP contribution in [0.2, 0.25) is 0 Å². The SMILES string of the molecule is CCOC(=O)C[C@H](F)c1ccc(F)c(C)c1. The lowest BCUT2D eigenvalue weighted by atomic mass is 10.1. The van der Waals surface area contributed by atoms with Gasteiger partial charge in [0.05, 0.1) is 13.0 Å². The highest BCUT2D eigenvalue weighted by Gasteiger charge is 2.16. The van der Waals surface area contributed by atoms with Crippen LogP contribution in [0, 0.1) is 12.7 Å². The Balaban J connectivity index is 2.69. The minimum absolute atomic E-state index is 0.230. The van der Waals surface area contributed by atoms with Crippen molar-refractivity contribution in [2.24, 2.45) is 0 Å². The maximum absolute atomic E-state index is 13.6. The molecule has 0 aliphatic carbocycles. The fourth-order valence-electron chi connectivity index (χ4n) is 1.35. The van der Waals surface area contributed by atoms with Crippen LogP contribution in [-0.2, 0) is 9.53 Å². The zero-order valence-corrected chi connectivity index (χ0v) is 9.30. The minimum Gasteiger partial charge on any atom is -0.466 e. The number of carbonyl (C=O) groups is 1. The van der Waals surface area contributed by atoms with Crippen molar-refractivity contribution in [3.8, 4) is 0 Å². The number of hydrogen-bond donors (Lipinski definition) is 0. The molecule has 0 N–H and O–H groups in total. The van der Waals surface area contributed by atoms with Gasteiger partial charge in [-0.2, -0.15) is 0 Å². The molecule has 0 aliphatic heterocycles. The van der Waals surface area contributed by atoms with Crippen molar-refractivity contribution >= 4 is 5.97 Å². The quantitative estimate of drug-likeness (QED) is 0.740. The highest BCUT2D eigenvalue weighted by molar-refractivity contribution is 5.70. The molecule has 0 saturated heterocycles. The molecule has 0 spiro atoms. The highest BCUT2D eigenvalue weighted by Crippen LogP contribution is 2.23. The van der Waals surface area contributed by atoms with Gasteiger partial charge in [-0.3, -0.25) is 4.79 Å². The van der Waals surface area contributed by atoms with Crippen LogP contribution in [0.5, 0.6) is 0 Å². The Morgan fingerprint density at radius 3 is 2.75 bits per heavy atom. The molecular formula is C12H14F2O2. The van der Waals surface area contributed by atoms with Crippen molar-refractivity contribution in [1.82, 2.24) is 0 Å². The topological polar surface area (TPSA) is 26.3 Å². The average molecular weight is 228 g/mol. The number of alkyl halides is 1. The molecule has 0 heterocycles. The maximum atomic E-state index is 13.6. The molecule has 0 aliphatic rings. The van der Waals surface area contributed by atoms with Crippen LogP contribution in [0.25, 0.3) is 0 Å². The molecule has 1 aromatic carbocycles. The van der Waals surface area contributed by atoms with Gasteiger partial charge in [-0.25, -0.2) is 8.78 Å². The Bertz CT molecular complexity index is 377. The number of halogens is 2. The summed E-state index contributed by atoms with van der Waals surface area (Å²) in [6.07, 6.45) is -1.78. The monoisotopic (exact) mass is 228 g/mol. The first kappa shape index (κ1) is 12.6. The second kappa shape index (κ2) is 5.58. The van der Waals surface area contributed by atoms with Gasteiger partial charge < -0.3 is 4.74 Å². The molecule has 0 unspecified atom stereocenters. The van der Waals surface area contributed by atoms with Crippen molar-refractivity contribution in [2.45, 2.75) is 26.4 Å². The molecule has 4 heteroatoms. The molecule has 0 amide bonds. The number of carbonyl (C=O) groups excluding carboxylic acids is 1. The number of ether oxygens (including phenoxy) is 1. The number of benzene rings is 1. The zero-order valence-electron chi connectivity index (χ0n) is 9.30. The summed E-state index contributed by atoms with van der Waals surface area (Å²) in [7, 11) is 0. The van der Waals surface area contributed by atoms with Crippen molar-refractivity contribution in [3.05, 3.63) is 35.1 Å². The van der Waals surface area contributed by atoms with E-state index in [1.165, 1.54) is 18.2 Å². The van der Waals surface area contributed by atoms with E-state index in [-0.39, 0.29) is 18.8 Å². The highest BCUT2D eigenvalue weighted by atomic mass is 19.1. The van der Waals surface area contributed by atoms with Crippen LogP contribution >= 0.6 is 0 Å². The summed E-state index contributed by atoms with van der Waals surface area (Å²) in [5, 5.41) is 0. The summed E-state index contributed by atoms with van der Waals surface area (Å²) >= 11 is 0. The van der Waals surface area contributed by atoms with Crippen LogP contribution in [0.4, 0.5) is 8.78 Å². The van der Waals surface area contributed by atoms with Crippen molar-refractivity contribution in [1.29, 1.82) is 0 Å². The minimum atomic E-state index is -1.45. The number of rotatable bonds is 4. The van der Waals surface area contributed by atoms with E-state index in [0.29, 0.717) is 11.1 Å². The molecule has 0 aromatic heterocycles. The van der Waals surface area contributed by atoms with Crippen LogP contribution in [0.3, 0.4) is 0 Å². The Kier molecular flexibility index (Phi) is 4.40. The second-order valence-corrected chi connectivity index (χ2v) is 3.49. The van der Waals surface area contributed by atoms with Gasteiger partial charge in [-0.1, -0.05) is 12.1 Å². The molecule has 2 nitrogen and oxygen atoms in total. The third-order valence-electron chi connectivity index (χ3n) is 2.19. The number of aryl methyl sites for hydroxylation is 1. The van der Waals surface area contributed by atoms with E-state index in [9.17, 15) is 13.6 Å². The standard InChI is InChI=1S/C12H14F2O2/c1-3-16-12(15)7-11(14)9-4-5-10(13)8(2)6-9/h4-6,11H,3,7H2,1-2H3/t11-/m0/s1. The Labute approximate surface area is 93.2 Å². The van der Waals surface area contributed by atoms with Crippen LogP contribution in [0.1, 0.15) is 30.6 Å². The fourth-order valence-corrected chi connectivity index (χ4v) is 1.35. The van der Waals surface area contributed by atoms with Gasteiger partial charge in [-0.05, 0) is 31.0 Å². The summed E-state index contributed by atoms with van der Waals surface area (Å²) in [6, 6.07) is 3.94. The smallest absolute Gasteiger partial charge is 0.309 e. The lowest BCUT2D eigenvalue weighted by Crippen LogP contribution is -2.07. The lowest BCUT2D eigenvalue weighted by molar-refractivity contribution is -0.144. The van der Waals surface area contributed by atoms with Crippen LogP contribution in [-0.4, -0.2) is 12.6 Å². The van der Waals surface area contributed by atoms with Gasteiger partial charge in [0.25, 0.3) is 0 Å². The van der Waals surface area contributed by atoms with Crippen molar-refractivity contribution in [2.75, 3.05) is 6.61 Å². The first-order valence-corrected chi connectivity index (χ1v) is 5.10. The second-order valence-electron chi connectivity index (χ2n) is 3.49. The molecule has 1 atom stereocenters. The summed E-state index contributed by atoms with van der Waals surface area (Å²) in [4.78, 5) is 11.0. The summed E-state index contributed by atoms with van der Waals surface area (Å²) in [6.45, 7) is 3.44. The largest absolute Gasteiger partial charge is 0.466 e. The van der Waals surface area contributed by atoms with E-state index < -0.39 is 12.1 Å². The van der Waals surface area contributed by atoms with E-state index in [1.807, 2.05) is 0 Å². The molecule has 1 aromatic rings. The van der Waals surface area contributed by atoms with Gasteiger partial charge in [0.15, 0.2) is 0 Å². The van der Waals surface area contributed by atoms with Crippen molar-refractivity contribution in [3.63, 3.8) is 0 Å². The van der Waals surface area contributed by atoms with Crippen LogP contribution in [0.15, 0.2) is 18.2 Å². The maximum Gasteiger partial charge on any atom is 0.309 e. The average Bonchev–Trinajstić information content (AvgIpc) is 2.22. The summed E-state index contributed by atoms with van der Waals surface area (Å²) in [5.41, 5.74) is 0.663. The summed E-state index contributed by atoms with van der Waals surface area (Å²) < 4.78 is 31.2. The lowest BCUT2D eigenvalue weighted by Gasteiger charge is -2.09. The molecule has 1 rings (SSSR count). The third-order valence-corrected chi connectivity index (χ3v) is 2.19. The Morgan fingerprint density at radius 2 is 2.19 bits per heavy atom. The first-order valence-electron chi connectivity index (χ1n) is 5.10. The molecule has 0 saturated carbocycles. The molecule has 0 radical (unpaired) electrons. The van der Waals surface area contributed by atoms with E-state index in [1.54, 1.807) is 13.8 Å². The predicted octanol–water partition coefficient (Wildman–Crippen LogP) is 3.10. The van der Waals surface area contributed by atoms with Crippen molar-refractivity contribution < 1.29 is 18.3 Å². The molecular weight excluding hydrogens is 214 g/mol. The Hall–Kier alpha value is -1.45. The van der Waals surface area contributed by atoms with Gasteiger partial charge in [0, 0.05) is 0 Å². The van der Waals surface area contributed by atoms with Gasteiger partial charge >= 0.3 is 5.97 Å². The number of esters is 1.